The Hall–Kier alpha value is -1.40. The lowest BCUT2D eigenvalue weighted by atomic mass is 10.3. The van der Waals surface area contributed by atoms with E-state index in [1.54, 1.807) is 25.1 Å². The summed E-state index contributed by atoms with van der Waals surface area (Å²) >= 11 is 0. The minimum atomic E-state index is -3.80. The van der Waals surface area contributed by atoms with E-state index in [0.29, 0.717) is 13.0 Å². The molecule has 0 N–H and O–H groups in total. The van der Waals surface area contributed by atoms with Crippen molar-refractivity contribution in [3.63, 3.8) is 0 Å². The van der Waals surface area contributed by atoms with Crippen LogP contribution in [0.25, 0.3) is 0 Å². The Labute approximate surface area is 106 Å². The van der Waals surface area contributed by atoms with E-state index in [2.05, 4.69) is 0 Å². The summed E-state index contributed by atoms with van der Waals surface area (Å²) in [6, 6.07) is 7.94. The quantitative estimate of drug-likeness (QED) is 0.828. The summed E-state index contributed by atoms with van der Waals surface area (Å²) in [5.41, 5.74) is 0. The van der Waals surface area contributed by atoms with E-state index < -0.39 is 22.2 Å². The number of amides is 1. The number of hydrogen-bond donors (Lipinski definition) is 0. The zero-order chi connectivity index (χ0) is 13.2. The number of benzene rings is 1. The summed E-state index contributed by atoms with van der Waals surface area (Å²) in [4.78, 5) is 11.9. The topological polar surface area (TPSA) is 63.7 Å². The van der Waals surface area contributed by atoms with E-state index in [9.17, 15) is 13.2 Å². The second-order valence-corrected chi connectivity index (χ2v) is 5.77. The first-order valence-electron chi connectivity index (χ1n) is 5.81. The van der Waals surface area contributed by atoms with Gasteiger partial charge in [-0.15, -0.1) is 0 Å². The zero-order valence-corrected chi connectivity index (χ0v) is 10.9. The second-order valence-electron chi connectivity index (χ2n) is 3.96. The maximum absolute atomic E-state index is 12.4. The Morgan fingerprint density at radius 2 is 2.00 bits per heavy atom. The number of sulfonamides is 1. The number of hydrogen-bond acceptors (Lipinski definition) is 4. The lowest BCUT2D eigenvalue weighted by molar-refractivity contribution is -0.128. The van der Waals surface area contributed by atoms with Gasteiger partial charge < -0.3 is 4.74 Å². The molecule has 1 fully saturated rings. The van der Waals surface area contributed by atoms with E-state index in [1.165, 1.54) is 12.1 Å². The van der Waals surface area contributed by atoms with E-state index in [4.69, 9.17) is 4.74 Å². The molecule has 1 aliphatic heterocycles. The molecule has 1 atom stereocenters. The van der Waals surface area contributed by atoms with Crippen LogP contribution in [0.1, 0.15) is 19.8 Å². The molecule has 1 aliphatic rings. The van der Waals surface area contributed by atoms with Gasteiger partial charge in [0.05, 0.1) is 4.90 Å². The van der Waals surface area contributed by atoms with Crippen LogP contribution in [0, 0.1) is 0 Å². The van der Waals surface area contributed by atoms with Gasteiger partial charge in [0.25, 0.3) is 10.0 Å². The third-order valence-electron chi connectivity index (χ3n) is 2.77. The Morgan fingerprint density at radius 1 is 1.33 bits per heavy atom. The molecule has 1 heterocycles. The number of nitrogens with zero attached hydrogens (tertiary/aromatic N) is 1. The summed E-state index contributed by atoms with van der Waals surface area (Å²) < 4.78 is 30.9. The fourth-order valence-electron chi connectivity index (χ4n) is 1.97. The molecule has 0 spiro atoms. The molecule has 0 radical (unpaired) electrons. The number of carbonyl (C=O) groups excluding carboxylic acids is 1. The van der Waals surface area contributed by atoms with Gasteiger partial charge in [-0.2, -0.15) is 0 Å². The Morgan fingerprint density at radius 3 is 2.61 bits per heavy atom. The first-order valence-corrected chi connectivity index (χ1v) is 7.25. The molecule has 2 rings (SSSR count). The standard InChI is InChI=1S/C12H15NO4S/c1-2-17-12-9-8-11(14)13(12)18(15,16)10-6-4-3-5-7-10/h3-7,12H,2,8-9H2,1H3. The van der Waals surface area contributed by atoms with Crippen LogP contribution in [-0.4, -0.2) is 31.5 Å². The smallest absolute Gasteiger partial charge is 0.268 e. The predicted octanol–water partition coefficient (Wildman–Crippen LogP) is 1.36. The van der Waals surface area contributed by atoms with Crippen molar-refractivity contribution in [3.05, 3.63) is 30.3 Å². The number of carbonyl (C=O) groups is 1. The van der Waals surface area contributed by atoms with Crippen LogP contribution in [0.15, 0.2) is 35.2 Å². The molecular formula is C12H15NO4S. The maximum Gasteiger partial charge on any atom is 0.268 e. The average molecular weight is 269 g/mol. The van der Waals surface area contributed by atoms with Crippen molar-refractivity contribution in [2.75, 3.05) is 6.61 Å². The van der Waals surface area contributed by atoms with Crippen molar-refractivity contribution in [2.24, 2.45) is 0 Å². The molecule has 0 saturated carbocycles. The van der Waals surface area contributed by atoms with E-state index in [-0.39, 0.29) is 11.3 Å². The highest BCUT2D eigenvalue weighted by atomic mass is 32.2. The number of rotatable bonds is 4. The Balaban J connectivity index is 2.37. The van der Waals surface area contributed by atoms with Crippen molar-refractivity contribution in [1.82, 2.24) is 4.31 Å². The molecule has 18 heavy (non-hydrogen) atoms. The zero-order valence-electron chi connectivity index (χ0n) is 10.1. The highest BCUT2D eigenvalue weighted by molar-refractivity contribution is 7.89. The third kappa shape index (κ3) is 2.26. The highest BCUT2D eigenvalue weighted by Gasteiger charge is 2.40. The van der Waals surface area contributed by atoms with Crippen LogP contribution in [0.4, 0.5) is 0 Å². The Bertz CT molecular complexity index is 526. The van der Waals surface area contributed by atoms with E-state index in [1.807, 2.05) is 0 Å². The summed E-state index contributed by atoms with van der Waals surface area (Å²) in [6.45, 7) is 2.15. The van der Waals surface area contributed by atoms with Crippen molar-refractivity contribution in [1.29, 1.82) is 0 Å². The van der Waals surface area contributed by atoms with Crippen LogP contribution in [-0.2, 0) is 19.6 Å². The molecule has 1 aromatic rings. The molecule has 0 bridgehead atoms. The molecule has 0 aliphatic carbocycles. The molecule has 5 nitrogen and oxygen atoms in total. The van der Waals surface area contributed by atoms with Crippen molar-refractivity contribution < 1.29 is 17.9 Å². The van der Waals surface area contributed by atoms with Gasteiger partial charge in [-0.05, 0) is 19.1 Å². The van der Waals surface area contributed by atoms with Gasteiger partial charge >= 0.3 is 0 Å². The minimum absolute atomic E-state index is 0.116. The lowest BCUT2D eigenvalue weighted by Gasteiger charge is -2.23. The lowest BCUT2D eigenvalue weighted by Crippen LogP contribution is -2.40. The molecule has 6 heteroatoms. The second kappa shape index (κ2) is 5.07. The summed E-state index contributed by atoms with van der Waals surface area (Å²) in [7, 11) is -3.80. The molecule has 1 amide bonds. The van der Waals surface area contributed by atoms with Gasteiger partial charge in [-0.25, -0.2) is 12.7 Å². The molecular weight excluding hydrogens is 254 g/mol. The molecule has 98 valence electrons. The van der Waals surface area contributed by atoms with E-state index >= 15 is 0 Å². The fourth-order valence-corrected chi connectivity index (χ4v) is 3.54. The Kier molecular flexibility index (Phi) is 3.68. The molecule has 1 saturated heterocycles. The highest BCUT2D eigenvalue weighted by Crippen LogP contribution is 2.27. The molecule has 0 aromatic heterocycles. The van der Waals surface area contributed by atoms with Crippen LogP contribution in [0.5, 0.6) is 0 Å². The van der Waals surface area contributed by atoms with Crippen LogP contribution in [0.3, 0.4) is 0 Å². The van der Waals surface area contributed by atoms with Gasteiger partial charge in [0, 0.05) is 19.4 Å². The third-order valence-corrected chi connectivity index (χ3v) is 4.60. The van der Waals surface area contributed by atoms with Gasteiger partial charge in [0.2, 0.25) is 5.91 Å². The summed E-state index contributed by atoms with van der Waals surface area (Å²) in [6.07, 6.45) is -0.0529. The van der Waals surface area contributed by atoms with Gasteiger partial charge in [-0.1, -0.05) is 18.2 Å². The van der Waals surface area contributed by atoms with Crippen molar-refractivity contribution >= 4 is 15.9 Å². The number of ether oxygens (including phenoxy) is 1. The van der Waals surface area contributed by atoms with Gasteiger partial charge in [0.1, 0.15) is 6.23 Å². The van der Waals surface area contributed by atoms with Crippen LogP contribution >= 0.6 is 0 Å². The van der Waals surface area contributed by atoms with Crippen molar-refractivity contribution in [2.45, 2.75) is 30.9 Å². The van der Waals surface area contributed by atoms with Crippen molar-refractivity contribution in [3.8, 4) is 0 Å². The van der Waals surface area contributed by atoms with Gasteiger partial charge in [0.15, 0.2) is 0 Å². The SMILES string of the molecule is CCOC1CCC(=O)N1S(=O)(=O)c1ccccc1. The summed E-state index contributed by atoms with van der Waals surface area (Å²) in [5.74, 6) is -0.405. The average Bonchev–Trinajstić information content (AvgIpc) is 2.73. The predicted molar refractivity (Wildman–Crippen MR) is 65.1 cm³/mol. The summed E-state index contributed by atoms with van der Waals surface area (Å²) in [5, 5.41) is 0. The van der Waals surface area contributed by atoms with Gasteiger partial charge in [-0.3, -0.25) is 4.79 Å². The molecule has 1 unspecified atom stereocenters. The first-order chi connectivity index (χ1) is 8.57. The van der Waals surface area contributed by atoms with Crippen LogP contribution < -0.4 is 0 Å². The largest absolute Gasteiger partial charge is 0.357 e. The van der Waals surface area contributed by atoms with Crippen LogP contribution in [0.2, 0.25) is 0 Å². The fraction of sp³-hybridized carbons (Fsp3) is 0.417. The first kappa shape index (κ1) is 13.0. The molecule has 1 aromatic carbocycles. The minimum Gasteiger partial charge on any atom is -0.357 e. The normalized spacial score (nSPS) is 20.4. The van der Waals surface area contributed by atoms with E-state index in [0.717, 1.165) is 4.31 Å². The monoisotopic (exact) mass is 269 g/mol. The maximum atomic E-state index is 12.4.